The van der Waals surface area contributed by atoms with E-state index in [1.807, 2.05) is 12.1 Å². The molecule has 1 amide bonds. The van der Waals surface area contributed by atoms with Crippen LogP contribution in [0.5, 0.6) is 0 Å². The number of nitrogens with one attached hydrogen (secondary N) is 1. The van der Waals surface area contributed by atoms with Crippen LogP contribution in [0.15, 0.2) is 42.5 Å². The van der Waals surface area contributed by atoms with Crippen LogP contribution in [0.4, 0.5) is 5.69 Å². The molecule has 132 valence electrons. The first-order valence-electron chi connectivity index (χ1n) is 7.76. The second kappa shape index (κ2) is 6.98. The van der Waals surface area contributed by atoms with E-state index in [0.717, 1.165) is 12.0 Å². The lowest BCUT2D eigenvalue weighted by atomic mass is 10.1. The Morgan fingerprint density at radius 3 is 2.64 bits per heavy atom. The molecule has 2 aromatic rings. The van der Waals surface area contributed by atoms with Gasteiger partial charge >= 0.3 is 0 Å². The Hall–Kier alpha value is -1.56. The van der Waals surface area contributed by atoms with Crippen LogP contribution in [0.3, 0.4) is 0 Å². The Morgan fingerprint density at radius 2 is 1.92 bits per heavy atom. The Kier molecular flexibility index (Phi) is 5.09. The summed E-state index contributed by atoms with van der Waals surface area (Å²) >= 11 is 12.3. The molecule has 1 fully saturated rings. The predicted molar refractivity (Wildman–Crippen MR) is 101 cm³/mol. The lowest BCUT2D eigenvalue weighted by Crippen LogP contribution is -2.15. The van der Waals surface area contributed by atoms with Gasteiger partial charge in [0, 0.05) is 17.9 Å². The van der Waals surface area contributed by atoms with Crippen LogP contribution < -0.4 is 5.32 Å². The average Bonchev–Trinajstić information content (AvgIpc) is 3.29. The van der Waals surface area contributed by atoms with Gasteiger partial charge < -0.3 is 5.32 Å². The van der Waals surface area contributed by atoms with Gasteiger partial charge in [-0.15, -0.1) is 0 Å². The average molecular weight is 398 g/mol. The molecule has 2 unspecified atom stereocenters. The molecular formula is C18H17Cl2NO3S. The van der Waals surface area contributed by atoms with Gasteiger partial charge in [-0.3, -0.25) is 4.79 Å². The lowest BCUT2D eigenvalue weighted by molar-refractivity contribution is -0.117. The van der Waals surface area contributed by atoms with E-state index in [-0.39, 0.29) is 23.5 Å². The number of amides is 1. The predicted octanol–water partition coefficient (Wildman–Crippen LogP) is 4.28. The molecule has 1 N–H and O–H groups in total. The molecule has 1 saturated carbocycles. The zero-order valence-corrected chi connectivity index (χ0v) is 15.8. The molecule has 0 aromatic heterocycles. The lowest BCUT2D eigenvalue weighted by Gasteiger charge is -2.08. The smallest absolute Gasteiger partial charge is 0.228 e. The SMILES string of the molecule is CS(=O)(=O)Cc1cccc(NC(=O)C2CC2c2cccc(Cl)c2Cl)c1. The molecular weight excluding hydrogens is 381 g/mol. The van der Waals surface area contributed by atoms with E-state index in [1.54, 1.807) is 30.3 Å². The molecule has 0 aliphatic heterocycles. The van der Waals surface area contributed by atoms with Crippen LogP contribution >= 0.6 is 23.2 Å². The van der Waals surface area contributed by atoms with Crippen molar-refractivity contribution in [1.82, 2.24) is 0 Å². The van der Waals surface area contributed by atoms with Crippen molar-refractivity contribution >= 4 is 44.6 Å². The molecule has 1 aliphatic carbocycles. The van der Waals surface area contributed by atoms with Gasteiger partial charge in [0.15, 0.2) is 9.84 Å². The Balaban J connectivity index is 1.68. The third-order valence-corrected chi connectivity index (χ3v) is 5.82. The first-order chi connectivity index (χ1) is 11.7. The van der Waals surface area contributed by atoms with E-state index in [1.165, 1.54) is 6.26 Å². The molecule has 0 radical (unpaired) electrons. The first kappa shape index (κ1) is 18.2. The maximum atomic E-state index is 12.4. The van der Waals surface area contributed by atoms with Gasteiger partial charge in [-0.2, -0.15) is 0 Å². The number of rotatable bonds is 5. The molecule has 0 heterocycles. The highest BCUT2D eigenvalue weighted by molar-refractivity contribution is 7.89. The maximum Gasteiger partial charge on any atom is 0.228 e. The van der Waals surface area contributed by atoms with E-state index in [9.17, 15) is 13.2 Å². The van der Waals surface area contributed by atoms with E-state index in [0.29, 0.717) is 21.3 Å². The number of sulfone groups is 1. The highest BCUT2D eigenvalue weighted by Gasteiger charge is 2.45. The number of hydrogen-bond donors (Lipinski definition) is 1. The number of halogens is 2. The topological polar surface area (TPSA) is 63.2 Å². The molecule has 3 rings (SSSR count). The van der Waals surface area contributed by atoms with Crippen LogP contribution in [-0.4, -0.2) is 20.6 Å². The van der Waals surface area contributed by atoms with Gasteiger partial charge in [0.2, 0.25) is 5.91 Å². The van der Waals surface area contributed by atoms with Gasteiger partial charge in [-0.1, -0.05) is 47.5 Å². The van der Waals surface area contributed by atoms with E-state index < -0.39 is 9.84 Å². The summed E-state index contributed by atoms with van der Waals surface area (Å²) in [7, 11) is -3.12. The van der Waals surface area contributed by atoms with Gasteiger partial charge in [0.1, 0.15) is 0 Å². The van der Waals surface area contributed by atoms with Crippen molar-refractivity contribution in [1.29, 1.82) is 0 Å². The number of hydrogen-bond acceptors (Lipinski definition) is 3. The molecule has 1 aliphatic rings. The monoisotopic (exact) mass is 397 g/mol. The zero-order valence-electron chi connectivity index (χ0n) is 13.5. The fourth-order valence-corrected chi connectivity index (χ4v) is 4.14. The van der Waals surface area contributed by atoms with Crippen LogP contribution in [0.1, 0.15) is 23.5 Å². The minimum atomic E-state index is -3.12. The molecule has 4 nitrogen and oxygen atoms in total. The third kappa shape index (κ3) is 4.54. The van der Waals surface area contributed by atoms with Crippen molar-refractivity contribution in [2.45, 2.75) is 18.1 Å². The summed E-state index contributed by atoms with van der Waals surface area (Å²) < 4.78 is 22.8. The number of benzene rings is 2. The second-order valence-corrected chi connectivity index (χ2v) is 9.28. The third-order valence-electron chi connectivity index (χ3n) is 4.13. The summed E-state index contributed by atoms with van der Waals surface area (Å²) in [5.41, 5.74) is 2.12. The van der Waals surface area contributed by atoms with E-state index in [2.05, 4.69) is 5.32 Å². The standard InChI is InChI=1S/C18H17Cl2NO3S/c1-25(23,24)10-11-4-2-5-12(8-11)21-18(22)15-9-14(15)13-6-3-7-16(19)17(13)20/h2-8,14-15H,9-10H2,1H3,(H,21,22). The minimum absolute atomic E-state index is 0.0547. The van der Waals surface area contributed by atoms with Gasteiger partial charge in [0.05, 0.1) is 15.8 Å². The summed E-state index contributed by atoms with van der Waals surface area (Å²) in [5, 5.41) is 3.84. The summed E-state index contributed by atoms with van der Waals surface area (Å²) in [6.07, 6.45) is 1.90. The normalized spacial score (nSPS) is 19.5. The number of carbonyl (C=O) groups is 1. The van der Waals surface area contributed by atoms with Crippen molar-refractivity contribution in [2.75, 3.05) is 11.6 Å². The molecule has 0 saturated heterocycles. The summed E-state index contributed by atoms with van der Waals surface area (Å²) in [4.78, 5) is 12.4. The quantitative estimate of drug-likeness (QED) is 0.818. The fourth-order valence-electron chi connectivity index (χ4n) is 2.91. The highest BCUT2D eigenvalue weighted by atomic mass is 35.5. The zero-order chi connectivity index (χ0) is 18.2. The molecule has 2 atom stereocenters. The van der Waals surface area contributed by atoms with Gasteiger partial charge in [-0.25, -0.2) is 8.42 Å². The summed E-state index contributed by atoms with van der Waals surface area (Å²) in [6, 6.07) is 12.3. The largest absolute Gasteiger partial charge is 0.326 e. The molecule has 2 aromatic carbocycles. The van der Waals surface area contributed by atoms with Gasteiger partial charge in [-0.05, 0) is 41.7 Å². The van der Waals surface area contributed by atoms with Crippen molar-refractivity contribution in [3.8, 4) is 0 Å². The van der Waals surface area contributed by atoms with E-state index in [4.69, 9.17) is 23.2 Å². The first-order valence-corrected chi connectivity index (χ1v) is 10.6. The summed E-state index contributed by atoms with van der Waals surface area (Å²) in [5.74, 6) is -0.251. The van der Waals surface area contributed by atoms with Crippen molar-refractivity contribution < 1.29 is 13.2 Å². The van der Waals surface area contributed by atoms with Crippen molar-refractivity contribution in [3.63, 3.8) is 0 Å². The molecule has 0 spiro atoms. The number of anilines is 1. The van der Waals surface area contributed by atoms with Crippen LogP contribution in [-0.2, 0) is 20.4 Å². The van der Waals surface area contributed by atoms with E-state index >= 15 is 0 Å². The van der Waals surface area contributed by atoms with Crippen molar-refractivity contribution in [2.24, 2.45) is 5.92 Å². The molecule has 25 heavy (non-hydrogen) atoms. The Labute approximate surface area is 157 Å². The fraction of sp³-hybridized carbons (Fsp3) is 0.278. The van der Waals surface area contributed by atoms with Crippen LogP contribution in [0.25, 0.3) is 0 Å². The van der Waals surface area contributed by atoms with Crippen LogP contribution in [0, 0.1) is 5.92 Å². The van der Waals surface area contributed by atoms with Gasteiger partial charge in [0.25, 0.3) is 0 Å². The Bertz CT molecular complexity index is 928. The second-order valence-electron chi connectivity index (χ2n) is 6.35. The highest BCUT2D eigenvalue weighted by Crippen LogP contribution is 2.51. The number of carbonyl (C=O) groups excluding carboxylic acids is 1. The van der Waals surface area contributed by atoms with Crippen molar-refractivity contribution in [3.05, 3.63) is 63.6 Å². The summed E-state index contributed by atoms with van der Waals surface area (Å²) in [6.45, 7) is 0. The Morgan fingerprint density at radius 1 is 1.20 bits per heavy atom. The minimum Gasteiger partial charge on any atom is -0.326 e. The molecule has 7 heteroatoms. The maximum absolute atomic E-state index is 12.4. The molecule has 0 bridgehead atoms. The van der Waals surface area contributed by atoms with Crippen LogP contribution in [0.2, 0.25) is 10.0 Å².